The molecule has 7 nitrogen and oxygen atoms in total. The van der Waals surface area contributed by atoms with Gasteiger partial charge in [-0.2, -0.15) is 0 Å². The van der Waals surface area contributed by atoms with E-state index in [0.29, 0.717) is 25.4 Å². The highest BCUT2D eigenvalue weighted by Crippen LogP contribution is 2.39. The maximum Gasteiger partial charge on any atom is 0.408 e. The van der Waals surface area contributed by atoms with Crippen LogP contribution in [0.2, 0.25) is 0 Å². The largest absolute Gasteiger partial charge is 0.496 e. The first-order valence-corrected chi connectivity index (χ1v) is 7.49. The van der Waals surface area contributed by atoms with E-state index in [4.69, 9.17) is 16.5 Å². The van der Waals surface area contributed by atoms with Crippen LogP contribution in [0.5, 0.6) is 5.75 Å². The number of carboxylic acid groups (broad SMARTS) is 1. The first-order valence-electron chi connectivity index (χ1n) is 7.15. The monoisotopic (exact) mass is 336 g/mol. The average molecular weight is 337 g/mol. The van der Waals surface area contributed by atoms with Crippen molar-refractivity contribution in [2.75, 3.05) is 26.7 Å². The standard InChI is InChI=1S/C15H17ClN4O3/c1-15(8-19(16)3-4-20(15)14(21)22)11-5-10-7-17-9-18-12(10)6-13(11)23-2/h5-7,9H,3-4,8H2,1-2H3,(H,21,22). The Morgan fingerprint density at radius 1 is 1.43 bits per heavy atom. The molecule has 1 saturated heterocycles. The lowest BCUT2D eigenvalue weighted by Crippen LogP contribution is -2.58. The third kappa shape index (κ3) is 2.66. The van der Waals surface area contributed by atoms with Crippen LogP contribution in [-0.2, 0) is 5.54 Å². The van der Waals surface area contributed by atoms with Gasteiger partial charge in [-0.15, -0.1) is 0 Å². The number of nitrogens with zero attached hydrogens (tertiary/aromatic N) is 4. The molecule has 2 heterocycles. The van der Waals surface area contributed by atoms with Gasteiger partial charge in [-0.25, -0.2) is 19.2 Å². The van der Waals surface area contributed by atoms with Gasteiger partial charge in [-0.05, 0) is 24.8 Å². The van der Waals surface area contributed by atoms with Crippen molar-refractivity contribution < 1.29 is 14.6 Å². The number of aromatic nitrogens is 2. The summed E-state index contributed by atoms with van der Waals surface area (Å²) in [7, 11) is 1.56. The number of hydrogen-bond donors (Lipinski definition) is 1. The van der Waals surface area contributed by atoms with Gasteiger partial charge in [0.25, 0.3) is 0 Å². The molecular weight excluding hydrogens is 320 g/mol. The van der Waals surface area contributed by atoms with Crippen molar-refractivity contribution in [2.45, 2.75) is 12.5 Å². The third-order valence-electron chi connectivity index (χ3n) is 4.28. The number of ether oxygens (including phenoxy) is 1. The lowest BCUT2D eigenvalue weighted by Gasteiger charge is -2.46. The number of halogens is 1. The molecule has 2 aromatic rings. The fourth-order valence-electron chi connectivity index (χ4n) is 3.09. The normalized spacial score (nSPS) is 22.3. The Labute approximate surface area is 138 Å². The summed E-state index contributed by atoms with van der Waals surface area (Å²) < 4.78 is 7.10. The van der Waals surface area contributed by atoms with Gasteiger partial charge >= 0.3 is 6.09 Å². The summed E-state index contributed by atoms with van der Waals surface area (Å²) in [4.78, 5) is 21.4. The number of fused-ring (bicyclic) bond motifs is 1. The lowest BCUT2D eigenvalue weighted by atomic mass is 9.87. The Kier molecular flexibility index (Phi) is 3.99. The molecule has 1 amide bonds. The number of piperazine rings is 1. The number of hydrogen-bond acceptors (Lipinski definition) is 5. The Hall–Kier alpha value is -2.12. The highest BCUT2D eigenvalue weighted by molar-refractivity contribution is 6.13. The summed E-state index contributed by atoms with van der Waals surface area (Å²) >= 11 is 6.18. The van der Waals surface area contributed by atoms with E-state index in [-0.39, 0.29) is 0 Å². The molecule has 3 rings (SSSR count). The molecule has 1 atom stereocenters. The third-order valence-corrected chi connectivity index (χ3v) is 4.57. The SMILES string of the molecule is COc1cc2ncncc2cc1C1(C)CN(Cl)CCN1C(=O)O. The summed E-state index contributed by atoms with van der Waals surface area (Å²) in [6.45, 7) is 3.00. The van der Waals surface area contributed by atoms with Crippen LogP contribution in [0.25, 0.3) is 10.9 Å². The van der Waals surface area contributed by atoms with E-state index in [9.17, 15) is 9.90 Å². The first kappa shape index (κ1) is 15.8. The molecule has 0 spiro atoms. The van der Waals surface area contributed by atoms with Crippen LogP contribution in [0.1, 0.15) is 12.5 Å². The van der Waals surface area contributed by atoms with E-state index in [0.717, 1.165) is 16.5 Å². The van der Waals surface area contributed by atoms with Gasteiger partial charge < -0.3 is 9.84 Å². The number of carbonyl (C=O) groups is 1. The van der Waals surface area contributed by atoms with Crippen molar-refractivity contribution in [1.29, 1.82) is 0 Å². The second-order valence-corrected chi connectivity index (χ2v) is 6.16. The van der Waals surface area contributed by atoms with Crippen molar-refractivity contribution in [3.8, 4) is 5.75 Å². The van der Waals surface area contributed by atoms with Gasteiger partial charge in [-0.1, -0.05) is 0 Å². The zero-order valence-electron chi connectivity index (χ0n) is 12.9. The van der Waals surface area contributed by atoms with Crippen LogP contribution in [-0.4, -0.2) is 57.2 Å². The highest BCUT2D eigenvalue weighted by Gasteiger charge is 2.43. The summed E-state index contributed by atoms with van der Waals surface area (Å²) in [6.07, 6.45) is 2.18. The van der Waals surface area contributed by atoms with Crippen LogP contribution >= 0.6 is 11.8 Å². The van der Waals surface area contributed by atoms with Gasteiger partial charge in [0.1, 0.15) is 12.1 Å². The van der Waals surface area contributed by atoms with Crippen molar-refractivity contribution in [2.24, 2.45) is 0 Å². The zero-order chi connectivity index (χ0) is 16.6. The molecule has 0 radical (unpaired) electrons. The smallest absolute Gasteiger partial charge is 0.408 e. The molecule has 8 heteroatoms. The van der Waals surface area contributed by atoms with Crippen LogP contribution in [0.3, 0.4) is 0 Å². The van der Waals surface area contributed by atoms with Crippen LogP contribution in [0.4, 0.5) is 4.79 Å². The van der Waals surface area contributed by atoms with E-state index in [1.54, 1.807) is 23.8 Å². The molecular formula is C15H17ClN4O3. The highest BCUT2D eigenvalue weighted by atomic mass is 35.5. The molecule has 122 valence electrons. The van der Waals surface area contributed by atoms with E-state index in [2.05, 4.69) is 9.97 Å². The second kappa shape index (κ2) is 5.82. The molecule has 0 bridgehead atoms. The van der Waals surface area contributed by atoms with Gasteiger partial charge in [0.05, 0.1) is 18.2 Å². The molecule has 1 aromatic heterocycles. The van der Waals surface area contributed by atoms with Crippen LogP contribution in [0, 0.1) is 0 Å². The number of amides is 1. The Balaban J connectivity index is 2.20. The number of benzene rings is 1. The number of rotatable bonds is 2. The van der Waals surface area contributed by atoms with E-state index in [1.165, 1.54) is 11.2 Å². The van der Waals surface area contributed by atoms with Crippen molar-refractivity contribution in [3.05, 3.63) is 30.2 Å². The van der Waals surface area contributed by atoms with Crippen LogP contribution < -0.4 is 4.74 Å². The summed E-state index contributed by atoms with van der Waals surface area (Å²) in [6, 6.07) is 3.67. The Morgan fingerprint density at radius 2 is 2.22 bits per heavy atom. The first-order chi connectivity index (χ1) is 11.0. The molecule has 1 aromatic carbocycles. The minimum atomic E-state index is -0.983. The maximum atomic E-state index is 11.7. The molecule has 1 aliphatic heterocycles. The fraction of sp³-hybridized carbons (Fsp3) is 0.400. The minimum Gasteiger partial charge on any atom is -0.496 e. The van der Waals surface area contributed by atoms with E-state index >= 15 is 0 Å². The summed E-state index contributed by atoms with van der Waals surface area (Å²) in [5.41, 5.74) is 0.654. The van der Waals surface area contributed by atoms with Gasteiger partial charge in [0, 0.05) is 42.8 Å². The van der Waals surface area contributed by atoms with Crippen molar-refractivity contribution in [3.63, 3.8) is 0 Å². The predicted molar refractivity (Wildman–Crippen MR) is 85.6 cm³/mol. The Morgan fingerprint density at radius 3 is 2.91 bits per heavy atom. The summed E-state index contributed by atoms with van der Waals surface area (Å²) in [5.74, 6) is 0.580. The van der Waals surface area contributed by atoms with Gasteiger partial charge in [0.2, 0.25) is 0 Å². The maximum absolute atomic E-state index is 11.7. The number of methoxy groups -OCH3 is 1. The fourth-order valence-corrected chi connectivity index (χ4v) is 3.40. The summed E-state index contributed by atoms with van der Waals surface area (Å²) in [5, 5.41) is 10.4. The quantitative estimate of drug-likeness (QED) is 0.848. The van der Waals surface area contributed by atoms with Crippen molar-refractivity contribution in [1.82, 2.24) is 19.3 Å². The molecule has 23 heavy (non-hydrogen) atoms. The molecule has 0 aliphatic carbocycles. The molecule has 1 fully saturated rings. The molecule has 1 N–H and O–H groups in total. The van der Waals surface area contributed by atoms with Gasteiger partial charge in [0.15, 0.2) is 0 Å². The second-order valence-electron chi connectivity index (χ2n) is 5.69. The topological polar surface area (TPSA) is 78.8 Å². The zero-order valence-corrected chi connectivity index (χ0v) is 13.6. The predicted octanol–water partition coefficient (Wildman–Crippen LogP) is 2.30. The molecule has 1 aliphatic rings. The minimum absolute atomic E-state index is 0.321. The Bertz CT molecular complexity index is 757. The lowest BCUT2D eigenvalue weighted by molar-refractivity contribution is 0.0399. The molecule has 1 unspecified atom stereocenters. The van der Waals surface area contributed by atoms with Gasteiger partial charge in [-0.3, -0.25) is 4.90 Å². The van der Waals surface area contributed by atoms with Crippen LogP contribution in [0.15, 0.2) is 24.7 Å². The molecule has 0 saturated carbocycles. The van der Waals surface area contributed by atoms with Crippen molar-refractivity contribution >= 4 is 28.8 Å². The van der Waals surface area contributed by atoms with E-state index in [1.807, 2.05) is 13.0 Å². The average Bonchev–Trinajstić information content (AvgIpc) is 2.53. The van der Waals surface area contributed by atoms with E-state index < -0.39 is 11.6 Å².